The summed E-state index contributed by atoms with van der Waals surface area (Å²) in [6.45, 7) is 0. The second kappa shape index (κ2) is 3.97. The highest BCUT2D eigenvalue weighted by Gasteiger charge is 2.65. The molecule has 1 aliphatic rings. The third-order valence-electron chi connectivity index (χ3n) is 3.31. The number of aliphatic carboxylic acids is 2. The molecule has 2 unspecified atom stereocenters. The van der Waals surface area contributed by atoms with Gasteiger partial charge in [-0.25, -0.2) is 4.39 Å². The maximum atomic E-state index is 13.5. The standard InChI is InChI=1S/C12H11FO5/c1-18-9-3-2-6(4-8(9)13)12(11(16)17)5-7(12)10(14)15/h2-4,7H,5H2,1H3,(H,14,15)(H,16,17). The zero-order chi connectivity index (χ0) is 13.5. The highest BCUT2D eigenvalue weighted by Crippen LogP contribution is 2.55. The van der Waals surface area contributed by atoms with E-state index in [1.54, 1.807) is 0 Å². The molecule has 0 amide bonds. The molecule has 2 atom stereocenters. The maximum Gasteiger partial charge on any atom is 0.315 e. The van der Waals surface area contributed by atoms with E-state index in [1.807, 2.05) is 0 Å². The molecule has 2 rings (SSSR count). The van der Waals surface area contributed by atoms with Crippen molar-refractivity contribution in [3.63, 3.8) is 0 Å². The van der Waals surface area contributed by atoms with Crippen molar-refractivity contribution in [1.29, 1.82) is 0 Å². The number of ether oxygens (including phenoxy) is 1. The minimum absolute atomic E-state index is 0.00758. The van der Waals surface area contributed by atoms with Gasteiger partial charge in [0, 0.05) is 0 Å². The molecule has 6 heteroatoms. The molecule has 0 spiro atoms. The minimum atomic E-state index is -1.51. The molecule has 0 aromatic heterocycles. The second-order valence-electron chi connectivity index (χ2n) is 4.22. The fourth-order valence-corrected chi connectivity index (χ4v) is 2.18. The van der Waals surface area contributed by atoms with Crippen molar-refractivity contribution >= 4 is 11.9 Å². The maximum absolute atomic E-state index is 13.5. The van der Waals surface area contributed by atoms with Crippen molar-refractivity contribution in [2.24, 2.45) is 5.92 Å². The first-order valence-corrected chi connectivity index (χ1v) is 5.23. The van der Waals surface area contributed by atoms with Crippen LogP contribution in [0.3, 0.4) is 0 Å². The number of rotatable bonds is 4. The van der Waals surface area contributed by atoms with Crippen molar-refractivity contribution in [1.82, 2.24) is 0 Å². The van der Waals surface area contributed by atoms with Crippen LogP contribution in [0.5, 0.6) is 5.75 Å². The van der Waals surface area contributed by atoms with Crippen LogP contribution in [-0.2, 0) is 15.0 Å². The zero-order valence-electron chi connectivity index (χ0n) is 9.51. The molecular formula is C12H11FO5. The van der Waals surface area contributed by atoms with Crippen LogP contribution in [0.25, 0.3) is 0 Å². The monoisotopic (exact) mass is 254 g/mol. The van der Waals surface area contributed by atoms with Crippen LogP contribution in [0.4, 0.5) is 4.39 Å². The lowest BCUT2D eigenvalue weighted by Gasteiger charge is -2.12. The molecule has 1 saturated carbocycles. The van der Waals surface area contributed by atoms with Gasteiger partial charge in [0.1, 0.15) is 5.41 Å². The lowest BCUT2D eigenvalue weighted by atomic mass is 9.93. The van der Waals surface area contributed by atoms with E-state index in [2.05, 4.69) is 0 Å². The van der Waals surface area contributed by atoms with Crippen LogP contribution in [0.2, 0.25) is 0 Å². The van der Waals surface area contributed by atoms with Crippen molar-refractivity contribution in [2.45, 2.75) is 11.8 Å². The van der Waals surface area contributed by atoms with Gasteiger partial charge in [-0.3, -0.25) is 9.59 Å². The molecule has 0 bridgehead atoms. The molecule has 0 heterocycles. The molecule has 18 heavy (non-hydrogen) atoms. The number of hydrogen-bond acceptors (Lipinski definition) is 3. The molecule has 1 aliphatic carbocycles. The van der Waals surface area contributed by atoms with Crippen molar-refractivity contribution in [2.75, 3.05) is 7.11 Å². The smallest absolute Gasteiger partial charge is 0.315 e. The minimum Gasteiger partial charge on any atom is -0.494 e. The predicted octanol–water partition coefficient (Wildman–Crippen LogP) is 1.26. The topological polar surface area (TPSA) is 83.8 Å². The summed E-state index contributed by atoms with van der Waals surface area (Å²) in [6, 6.07) is 3.71. The van der Waals surface area contributed by atoms with E-state index in [1.165, 1.54) is 19.2 Å². The van der Waals surface area contributed by atoms with E-state index >= 15 is 0 Å². The Kier molecular flexibility index (Phi) is 2.73. The Hall–Kier alpha value is -2.11. The second-order valence-corrected chi connectivity index (χ2v) is 4.22. The van der Waals surface area contributed by atoms with Gasteiger partial charge in [-0.05, 0) is 24.1 Å². The fourth-order valence-electron chi connectivity index (χ4n) is 2.18. The lowest BCUT2D eigenvalue weighted by Crippen LogP contribution is -2.25. The third kappa shape index (κ3) is 1.61. The summed E-state index contributed by atoms with van der Waals surface area (Å²) in [5.74, 6) is -4.16. The van der Waals surface area contributed by atoms with Crippen molar-refractivity contribution in [3.05, 3.63) is 29.6 Å². The van der Waals surface area contributed by atoms with Gasteiger partial charge >= 0.3 is 11.9 Å². The summed E-state index contributed by atoms with van der Waals surface area (Å²) in [5.41, 5.74) is -1.36. The molecule has 5 nitrogen and oxygen atoms in total. The first-order valence-electron chi connectivity index (χ1n) is 5.23. The van der Waals surface area contributed by atoms with E-state index in [4.69, 9.17) is 9.84 Å². The number of halogens is 1. The van der Waals surface area contributed by atoms with Gasteiger partial charge in [-0.15, -0.1) is 0 Å². The molecule has 0 radical (unpaired) electrons. The third-order valence-corrected chi connectivity index (χ3v) is 3.31. The summed E-state index contributed by atoms with van der Waals surface area (Å²) in [6.07, 6.45) is -0.0244. The van der Waals surface area contributed by atoms with E-state index in [0.717, 1.165) is 6.07 Å². The first-order chi connectivity index (χ1) is 8.43. The van der Waals surface area contributed by atoms with Gasteiger partial charge < -0.3 is 14.9 Å². The van der Waals surface area contributed by atoms with Crippen LogP contribution in [-0.4, -0.2) is 29.3 Å². The summed E-state index contributed by atoms with van der Waals surface area (Å²) >= 11 is 0. The van der Waals surface area contributed by atoms with Gasteiger partial charge in [-0.1, -0.05) is 6.07 Å². The van der Waals surface area contributed by atoms with Crippen molar-refractivity contribution in [3.8, 4) is 5.75 Å². The van der Waals surface area contributed by atoms with E-state index in [-0.39, 0.29) is 17.7 Å². The Balaban J connectivity index is 2.44. The first kappa shape index (κ1) is 12.3. The van der Waals surface area contributed by atoms with Gasteiger partial charge in [-0.2, -0.15) is 0 Å². The Morgan fingerprint density at radius 3 is 2.50 bits per heavy atom. The molecule has 1 aromatic rings. The Morgan fingerprint density at radius 1 is 1.44 bits per heavy atom. The van der Waals surface area contributed by atoms with E-state index in [0.29, 0.717) is 0 Å². The average molecular weight is 254 g/mol. The summed E-state index contributed by atoms with van der Waals surface area (Å²) in [5, 5.41) is 18.1. The number of carboxylic acids is 2. The summed E-state index contributed by atoms with van der Waals surface area (Å²) in [7, 11) is 1.29. The van der Waals surface area contributed by atoms with Gasteiger partial charge in [0.15, 0.2) is 11.6 Å². The Morgan fingerprint density at radius 2 is 2.11 bits per heavy atom. The van der Waals surface area contributed by atoms with E-state index < -0.39 is 29.1 Å². The molecule has 0 saturated heterocycles. The molecule has 2 N–H and O–H groups in total. The Bertz CT molecular complexity index is 527. The lowest BCUT2D eigenvalue weighted by molar-refractivity contribution is -0.145. The van der Waals surface area contributed by atoms with Crippen molar-refractivity contribution < 1.29 is 28.9 Å². The molecular weight excluding hydrogens is 243 g/mol. The normalized spacial score (nSPS) is 25.6. The highest BCUT2D eigenvalue weighted by atomic mass is 19.1. The van der Waals surface area contributed by atoms with Gasteiger partial charge in [0.2, 0.25) is 0 Å². The zero-order valence-corrected chi connectivity index (χ0v) is 9.51. The van der Waals surface area contributed by atoms with Crippen LogP contribution >= 0.6 is 0 Å². The number of benzene rings is 1. The quantitative estimate of drug-likeness (QED) is 0.845. The van der Waals surface area contributed by atoms with Crippen LogP contribution in [0, 0.1) is 11.7 Å². The molecule has 1 fully saturated rings. The molecule has 1 aromatic carbocycles. The number of hydrogen-bond donors (Lipinski definition) is 2. The summed E-state index contributed by atoms with van der Waals surface area (Å²) in [4.78, 5) is 22.1. The highest BCUT2D eigenvalue weighted by molar-refractivity contribution is 5.94. The molecule has 96 valence electrons. The predicted molar refractivity (Wildman–Crippen MR) is 58.0 cm³/mol. The molecule has 0 aliphatic heterocycles. The van der Waals surface area contributed by atoms with Gasteiger partial charge in [0.25, 0.3) is 0 Å². The average Bonchev–Trinajstić information content (AvgIpc) is 3.05. The van der Waals surface area contributed by atoms with Gasteiger partial charge in [0.05, 0.1) is 13.0 Å². The Labute approximate surface area is 102 Å². The van der Waals surface area contributed by atoms with Crippen LogP contribution in [0.1, 0.15) is 12.0 Å². The fraction of sp³-hybridized carbons (Fsp3) is 0.333. The van der Waals surface area contributed by atoms with Crippen LogP contribution < -0.4 is 4.74 Å². The summed E-state index contributed by atoms with van der Waals surface area (Å²) < 4.78 is 18.3. The number of methoxy groups -OCH3 is 1. The number of carboxylic acid groups (broad SMARTS) is 2. The largest absolute Gasteiger partial charge is 0.494 e. The van der Waals surface area contributed by atoms with Crippen LogP contribution in [0.15, 0.2) is 18.2 Å². The SMILES string of the molecule is COc1ccc(C2(C(=O)O)CC2C(=O)O)cc1F. The number of carbonyl (C=O) groups is 2. The van der Waals surface area contributed by atoms with E-state index in [9.17, 15) is 19.1 Å².